The van der Waals surface area contributed by atoms with Gasteiger partial charge in [0.1, 0.15) is 26.7 Å². The average Bonchev–Trinajstić information content (AvgIpc) is 3.09. The normalized spacial score (nSPS) is 21.0. The Morgan fingerprint density at radius 2 is 2.12 bits per heavy atom. The number of alkyl halides is 1. The average molecular weight is 576 g/mol. The lowest BCUT2D eigenvalue weighted by Gasteiger charge is -2.49. The van der Waals surface area contributed by atoms with E-state index < -0.39 is 49.3 Å². The zero-order chi connectivity index (χ0) is 24.5. The highest BCUT2D eigenvalue weighted by Crippen LogP contribution is 2.41. The van der Waals surface area contributed by atoms with Crippen molar-refractivity contribution in [2.45, 2.75) is 17.8 Å². The van der Waals surface area contributed by atoms with E-state index in [9.17, 15) is 28.0 Å². The van der Waals surface area contributed by atoms with E-state index >= 15 is 0 Å². The molecule has 180 valence electrons. The number of sulfonamides is 1. The topological polar surface area (TPSA) is 184 Å². The summed E-state index contributed by atoms with van der Waals surface area (Å²) in [5.74, 6) is -1.20. The molecule has 2 aliphatic rings. The monoisotopic (exact) mass is 574 g/mol. The summed E-state index contributed by atoms with van der Waals surface area (Å²) >= 11 is 17.3. The van der Waals surface area contributed by atoms with E-state index in [1.54, 1.807) is 0 Å². The van der Waals surface area contributed by atoms with Gasteiger partial charge in [0.05, 0.1) is 5.70 Å². The molecule has 1 fully saturated rings. The number of carbonyl (C=O) groups excluding carboxylic acids is 3. The van der Waals surface area contributed by atoms with E-state index in [0.717, 1.165) is 11.3 Å². The number of thiazole rings is 1. The number of hydrogen-bond acceptors (Lipinski definition) is 11. The quantitative estimate of drug-likeness (QED) is 0.0684. The molecular formula is C15H16Cl2N6O6S4. The number of nitrogen functional groups attached to an aromatic ring is 1. The van der Waals surface area contributed by atoms with Crippen LogP contribution in [0.25, 0.3) is 0 Å². The number of β-lactam (4-membered cyclic amide) rings is 1. The number of nitrogens with zero attached hydrogens (tertiary/aromatic N) is 3. The van der Waals surface area contributed by atoms with Gasteiger partial charge in [-0.15, -0.1) is 23.4 Å². The molecule has 5 N–H and O–H groups in total. The van der Waals surface area contributed by atoms with Crippen molar-refractivity contribution >= 4 is 96.7 Å². The van der Waals surface area contributed by atoms with Gasteiger partial charge in [-0.05, 0) is 12.0 Å². The SMILES string of the molecule is Nc1nc(/C(=N/O)C(=O)NC2C(=O)N3C(C(=O)S)=C(CCNS(=O)(=O)CCl)CS[C@H]23)c(Cl)s1. The second kappa shape index (κ2) is 10.4. The number of rotatable bonds is 9. The molecule has 2 atom stereocenters. The van der Waals surface area contributed by atoms with Gasteiger partial charge < -0.3 is 16.3 Å². The van der Waals surface area contributed by atoms with Gasteiger partial charge in [-0.1, -0.05) is 40.7 Å². The number of hydrogen-bond donors (Lipinski definition) is 5. The number of aromatic nitrogens is 1. The van der Waals surface area contributed by atoms with E-state index in [1.165, 1.54) is 16.7 Å². The molecule has 1 unspecified atom stereocenters. The molecule has 12 nitrogen and oxygen atoms in total. The summed E-state index contributed by atoms with van der Waals surface area (Å²) in [6.07, 6.45) is 0.156. The highest BCUT2D eigenvalue weighted by atomic mass is 35.5. The van der Waals surface area contributed by atoms with E-state index in [-0.39, 0.29) is 33.8 Å². The highest BCUT2D eigenvalue weighted by molar-refractivity contribution is 8.00. The van der Waals surface area contributed by atoms with Gasteiger partial charge in [0.15, 0.2) is 10.8 Å². The van der Waals surface area contributed by atoms with Crippen LogP contribution in [0.2, 0.25) is 4.34 Å². The summed E-state index contributed by atoms with van der Waals surface area (Å²) in [5.41, 5.74) is 5.45. The molecule has 18 heteroatoms. The van der Waals surface area contributed by atoms with E-state index in [0.29, 0.717) is 11.3 Å². The Kier molecular flexibility index (Phi) is 8.19. The Hall–Kier alpha value is -1.56. The molecule has 33 heavy (non-hydrogen) atoms. The van der Waals surface area contributed by atoms with Crippen LogP contribution in [-0.4, -0.2) is 75.1 Å². The summed E-state index contributed by atoms with van der Waals surface area (Å²) in [4.78, 5) is 42.6. The Balaban J connectivity index is 1.73. The minimum Gasteiger partial charge on any atom is -0.410 e. The lowest BCUT2D eigenvalue weighted by Crippen LogP contribution is -2.70. The van der Waals surface area contributed by atoms with Crippen molar-refractivity contribution in [1.29, 1.82) is 0 Å². The summed E-state index contributed by atoms with van der Waals surface area (Å²) in [7, 11) is -3.64. The maximum atomic E-state index is 12.8. The van der Waals surface area contributed by atoms with Gasteiger partial charge in [-0.2, -0.15) is 0 Å². The molecule has 0 bridgehead atoms. The molecule has 3 heterocycles. The first kappa shape index (κ1) is 26.1. The first-order valence-corrected chi connectivity index (χ1v) is 13.8. The van der Waals surface area contributed by atoms with Gasteiger partial charge in [-0.3, -0.25) is 19.3 Å². The fourth-order valence-electron chi connectivity index (χ4n) is 3.14. The van der Waals surface area contributed by atoms with Crippen LogP contribution in [0.5, 0.6) is 0 Å². The maximum Gasteiger partial charge on any atom is 0.276 e. The first-order valence-electron chi connectivity index (χ1n) is 8.89. The fourth-order valence-corrected chi connectivity index (χ4v) is 6.45. The third-order valence-electron chi connectivity index (χ3n) is 4.57. The largest absolute Gasteiger partial charge is 0.410 e. The van der Waals surface area contributed by atoms with Crippen LogP contribution in [0, 0.1) is 0 Å². The smallest absolute Gasteiger partial charge is 0.276 e. The summed E-state index contributed by atoms with van der Waals surface area (Å²) < 4.78 is 25.3. The molecule has 1 aromatic rings. The van der Waals surface area contributed by atoms with Crippen molar-refractivity contribution in [2.24, 2.45) is 5.16 Å². The minimum absolute atomic E-state index is 0.0176. The number of halogens is 2. The van der Waals surface area contributed by atoms with Crippen LogP contribution in [0.4, 0.5) is 5.13 Å². The van der Waals surface area contributed by atoms with Crippen molar-refractivity contribution < 1.29 is 28.0 Å². The molecule has 2 amide bonds. The van der Waals surface area contributed by atoms with Crippen LogP contribution in [0.3, 0.4) is 0 Å². The zero-order valence-electron chi connectivity index (χ0n) is 16.3. The van der Waals surface area contributed by atoms with Crippen LogP contribution < -0.4 is 15.8 Å². The van der Waals surface area contributed by atoms with Crippen molar-refractivity contribution in [3.63, 3.8) is 0 Å². The van der Waals surface area contributed by atoms with Crippen LogP contribution in [0.15, 0.2) is 16.4 Å². The molecule has 0 radical (unpaired) electrons. The van der Waals surface area contributed by atoms with Gasteiger partial charge in [-0.25, -0.2) is 18.1 Å². The second-order valence-electron chi connectivity index (χ2n) is 6.61. The predicted octanol–water partition coefficient (Wildman–Crippen LogP) is 0.173. The van der Waals surface area contributed by atoms with Crippen molar-refractivity contribution in [3.8, 4) is 0 Å². The van der Waals surface area contributed by atoms with E-state index in [4.69, 9.17) is 28.9 Å². The number of thioether (sulfide) groups is 1. The van der Waals surface area contributed by atoms with Gasteiger partial charge >= 0.3 is 0 Å². The number of amides is 2. The third-order valence-corrected chi connectivity index (χ3v) is 9.00. The lowest BCUT2D eigenvalue weighted by molar-refractivity contribution is -0.146. The highest BCUT2D eigenvalue weighted by Gasteiger charge is 2.53. The van der Waals surface area contributed by atoms with Gasteiger partial charge in [0.25, 0.3) is 11.8 Å². The summed E-state index contributed by atoms with van der Waals surface area (Å²) in [6.45, 7) is -0.0176. The van der Waals surface area contributed by atoms with Gasteiger partial charge in [0.2, 0.25) is 15.1 Å². The van der Waals surface area contributed by atoms with E-state index in [1.807, 2.05) is 0 Å². The zero-order valence-corrected chi connectivity index (χ0v) is 21.2. The number of nitrogens with one attached hydrogen (secondary N) is 2. The summed E-state index contributed by atoms with van der Waals surface area (Å²) in [6, 6.07) is -1.02. The predicted molar refractivity (Wildman–Crippen MR) is 128 cm³/mol. The number of carbonyl (C=O) groups is 3. The fraction of sp³-hybridized carbons (Fsp3) is 0.400. The number of anilines is 1. The Morgan fingerprint density at radius 1 is 1.42 bits per heavy atom. The molecule has 1 saturated heterocycles. The number of oxime groups is 1. The first-order chi connectivity index (χ1) is 15.5. The number of fused-ring (bicyclic) bond motifs is 1. The molecule has 0 saturated carbocycles. The molecule has 0 spiro atoms. The standard InChI is InChI=1S/C15H16Cl2N6O6S4/c16-4-33(28,29)19-2-1-5-3-31-13-8(12(25)23(13)9(5)14(26)30)20-11(24)7(22-27)6-10(17)32-15(18)21-6/h8,13,19,27H,1-4H2,(H2,18,21)(H,20,24)(H,26,30)/b22-7-/t8?,13-/m1/s1. The summed E-state index contributed by atoms with van der Waals surface area (Å²) in [5, 5.41) is 12.8. The second-order valence-corrected chi connectivity index (χ2v) is 12.1. The molecular weight excluding hydrogens is 559 g/mol. The Labute approximate surface area is 211 Å². The number of nitrogens with two attached hydrogens (primary N) is 1. The maximum absolute atomic E-state index is 12.8. The third kappa shape index (κ3) is 5.41. The van der Waals surface area contributed by atoms with Crippen molar-refractivity contribution in [3.05, 3.63) is 21.3 Å². The van der Waals surface area contributed by atoms with Crippen LogP contribution >= 0.6 is 58.9 Å². The molecule has 0 aliphatic carbocycles. The molecule has 2 aliphatic heterocycles. The molecule has 3 rings (SSSR count). The van der Waals surface area contributed by atoms with E-state index in [2.05, 4.69) is 32.8 Å². The van der Waals surface area contributed by atoms with Gasteiger partial charge in [0, 0.05) is 12.3 Å². The number of thiol groups is 1. The Morgan fingerprint density at radius 3 is 2.67 bits per heavy atom. The molecule has 0 aromatic carbocycles. The van der Waals surface area contributed by atoms with Crippen LogP contribution in [-0.2, 0) is 24.4 Å². The Bertz CT molecular complexity index is 1170. The molecule has 1 aromatic heterocycles. The van der Waals surface area contributed by atoms with Crippen molar-refractivity contribution in [1.82, 2.24) is 19.9 Å². The lowest BCUT2D eigenvalue weighted by atomic mass is 10.0. The minimum atomic E-state index is -3.64. The van der Waals surface area contributed by atoms with Crippen molar-refractivity contribution in [2.75, 3.05) is 23.2 Å². The van der Waals surface area contributed by atoms with Crippen LogP contribution in [0.1, 0.15) is 12.1 Å².